The zero-order valence-corrected chi connectivity index (χ0v) is 14.0. The maximum atomic E-state index is 14.4. The standard InChI is InChI=1S/C19H18F2O4/c1-5-15(25-17(23)7-3)19(21)18(20)12(4)13-8-10-14(11-9-13)24-16(22)6-2/h6-11H,2-3,5H2,1,4H3/b18-12-,19-15-. The van der Waals surface area contributed by atoms with E-state index < -0.39 is 29.4 Å². The minimum absolute atomic E-state index is 0.000278. The average molecular weight is 348 g/mol. The van der Waals surface area contributed by atoms with Gasteiger partial charge in [0.1, 0.15) is 11.5 Å². The maximum absolute atomic E-state index is 14.4. The molecule has 25 heavy (non-hydrogen) atoms. The van der Waals surface area contributed by atoms with Crippen molar-refractivity contribution in [1.82, 2.24) is 0 Å². The summed E-state index contributed by atoms with van der Waals surface area (Å²) in [4.78, 5) is 22.3. The van der Waals surface area contributed by atoms with E-state index in [1.807, 2.05) is 0 Å². The van der Waals surface area contributed by atoms with E-state index in [0.29, 0.717) is 5.56 Å². The molecule has 1 rings (SSSR count). The summed E-state index contributed by atoms with van der Waals surface area (Å²) < 4.78 is 38.2. The van der Waals surface area contributed by atoms with Gasteiger partial charge in [-0.25, -0.2) is 14.0 Å². The third-order valence-corrected chi connectivity index (χ3v) is 3.15. The molecule has 0 saturated heterocycles. The molecule has 0 aliphatic heterocycles. The lowest BCUT2D eigenvalue weighted by atomic mass is 10.1. The molecule has 0 saturated carbocycles. The number of carbonyl (C=O) groups is 2. The van der Waals surface area contributed by atoms with E-state index in [4.69, 9.17) is 9.47 Å². The molecular weight excluding hydrogens is 330 g/mol. The van der Waals surface area contributed by atoms with Crippen molar-refractivity contribution in [2.75, 3.05) is 0 Å². The van der Waals surface area contributed by atoms with Crippen molar-refractivity contribution in [3.05, 3.63) is 72.6 Å². The summed E-state index contributed by atoms with van der Waals surface area (Å²) in [5.41, 5.74) is 0.372. The second kappa shape index (κ2) is 9.32. The largest absolute Gasteiger partial charge is 0.425 e. The van der Waals surface area contributed by atoms with E-state index in [1.165, 1.54) is 38.1 Å². The van der Waals surface area contributed by atoms with Crippen LogP contribution >= 0.6 is 0 Å². The fourth-order valence-corrected chi connectivity index (χ4v) is 1.78. The first-order chi connectivity index (χ1) is 11.8. The summed E-state index contributed by atoms with van der Waals surface area (Å²) in [6.45, 7) is 9.38. The van der Waals surface area contributed by atoms with Crippen molar-refractivity contribution in [3.63, 3.8) is 0 Å². The number of hydrogen-bond acceptors (Lipinski definition) is 4. The molecule has 0 N–H and O–H groups in total. The van der Waals surface area contributed by atoms with Crippen LogP contribution in [0.4, 0.5) is 8.78 Å². The topological polar surface area (TPSA) is 52.6 Å². The molecular formula is C19H18F2O4. The van der Waals surface area contributed by atoms with Gasteiger partial charge in [-0.1, -0.05) is 32.2 Å². The van der Waals surface area contributed by atoms with Crippen LogP contribution in [0.1, 0.15) is 25.8 Å². The highest BCUT2D eigenvalue weighted by atomic mass is 19.2. The maximum Gasteiger partial charge on any atom is 0.335 e. The van der Waals surface area contributed by atoms with Gasteiger partial charge in [0, 0.05) is 18.6 Å². The van der Waals surface area contributed by atoms with Crippen LogP contribution in [0.2, 0.25) is 0 Å². The number of allylic oxidation sites excluding steroid dienone is 4. The van der Waals surface area contributed by atoms with Gasteiger partial charge < -0.3 is 9.47 Å². The second-order valence-corrected chi connectivity index (χ2v) is 4.80. The molecule has 0 aliphatic rings. The molecule has 0 radical (unpaired) electrons. The minimum atomic E-state index is -1.25. The van der Waals surface area contributed by atoms with Crippen LogP contribution in [0.15, 0.2) is 67.0 Å². The fraction of sp³-hybridized carbons (Fsp3) is 0.158. The molecule has 0 heterocycles. The Balaban J connectivity index is 3.14. The van der Waals surface area contributed by atoms with Crippen LogP contribution in [-0.4, -0.2) is 11.9 Å². The summed E-state index contributed by atoms with van der Waals surface area (Å²) in [7, 11) is 0. The van der Waals surface area contributed by atoms with Crippen LogP contribution in [0, 0.1) is 0 Å². The Morgan fingerprint density at radius 2 is 1.60 bits per heavy atom. The lowest BCUT2D eigenvalue weighted by molar-refractivity contribution is -0.134. The summed E-state index contributed by atoms with van der Waals surface area (Å²) >= 11 is 0. The van der Waals surface area contributed by atoms with Gasteiger partial charge in [0.2, 0.25) is 0 Å². The third kappa shape index (κ3) is 5.53. The average Bonchev–Trinajstić information content (AvgIpc) is 2.64. The van der Waals surface area contributed by atoms with Crippen molar-refractivity contribution in [1.29, 1.82) is 0 Å². The summed E-state index contributed by atoms with van der Waals surface area (Å²) in [6, 6.07) is 5.81. The van der Waals surface area contributed by atoms with Crippen molar-refractivity contribution in [2.24, 2.45) is 0 Å². The molecule has 1 aromatic carbocycles. The third-order valence-electron chi connectivity index (χ3n) is 3.15. The number of hydrogen-bond donors (Lipinski definition) is 0. The lowest BCUT2D eigenvalue weighted by Gasteiger charge is -2.09. The van der Waals surface area contributed by atoms with Crippen LogP contribution in [-0.2, 0) is 14.3 Å². The van der Waals surface area contributed by atoms with Crippen molar-refractivity contribution in [3.8, 4) is 5.75 Å². The number of carbonyl (C=O) groups excluding carboxylic acids is 2. The summed E-state index contributed by atoms with van der Waals surface area (Å²) in [5.74, 6) is -4.07. The highest BCUT2D eigenvalue weighted by Gasteiger charge is 2.17. The molecule has 0 fully saturated rings. The summed E-state index contributed by atoms with van der Waals surface area (Å²) in [5, 5.41) is 0. The zero-order valence-electron chi connectivity index (χ0n) is 14.0. The highest BCUT2D eigenvalue weighted by molar-refractivity contribution is 5.83. The van der Waals surface area contributed by atoms with Crippen molar-refractivity contribution in [2.45, 2.75) is 20.3 Å². The van der Waals surface area contributed by atoms with Crippen LogP contribution in [0.3, 0.4) is 0 Å². The van der Waals surface area contributed by atoms with Gasteiger partial charge in [-0.15, -0.1) is 0 Å². The Morgan fingerprint density at radius 3 is 2.08 bits per heavy atom. The van der Waals surface area contributed by atoms with Gasteiger partial charge in [-0.05, 0) is 30.2 Å². The van der Waals surface area contributed by atoms with E-state index in [-0.39, 0.29) is 17.7 Å². The van der Waals surface area contributed by atoms with Crippen molar-refractivity contribution < 1.29 is 27.8 Å². The predicted molar refractivity (Wildman–Crippen MR) is 90.7 cm³/mol. The van der Waals surface area contributed by atoms with Gasteiger partial charge in [-0.2, -0.15) is 4.39 Å². The minimum Gasteiger partial charge on any atom is -0.425 e. The molecule has 0 spiro atoms. The quantitative estimate of drug-likeness (QED) is 0.233. The lowest BCUT2D eigenvalue weighted by Crippen LogP contribution is -2.03. The van der Waals surface area contributed by atoms with Gasteiger partial charge in [0.25, 0.3) is 0 Å². The smallest absolute Gasteiger partial charge is 0.335 e. The molecule has 0 aromatic heterocycles. The number of rotatable bonds is 7. The number of ether oxygens (including phenoxy) is 2. The predicted octanol–water partition coefficient (Wildman–Crippen LogP) is 4.80. The van der Waals surface area contributed by atoms with Gasteiger partial charge in [0.15, 0.2) is 11.7 Å². The second-order valence-electron chi connectivity index (χ2n) is 4.80. The van der Waals surface area contributed by atoms with E-state index in [0.717, 1.165) is 12.2 Å². The Labute approximate surface area is 144 Å². The first-order valence-electron chi connectivity index (χ1n) is 7.38. The molecule has 132 valence electrons. The van der Waals surface area contributed by atoms with Crippen LogP contribution < -0.4 is 4.74 Å². The Bertz CT molecular complexity index is 743. The molecule has 4 nitrogen and oxygen atoms in total. The Hall–Kier alpha value is -3.02. The van der Waals surface area contributed by atoms with E-state index in [1.54, 1.807) is 0 Å². The van der Waals surface area contributed by atoms with Crippen LogP contribution in [0.25, 0.3) is 5.57 Å². The normalized spacial score (nSPS) is 12.5. The van der Waals surface area contributed by atoms with E-state index in [2.05, 4.69) is 13.2 Å². The van der Waals surface area contributed by atoms with Crippen LogP contribution in [0.5, 0.6) is 5.75 Å². The molecule has 0 aliphatic carbocycles. The van der Waals surface area contributed by atoms with E-state index >= 15 is 0 Å². The van der Waals surface area contributed by atoms with E-state index in [9.17, 15) is 18.4 Å². The monoisotopic (exact) mass is 348 g/mol. The SMILES string of the molecule is C=CC(=O)O/C(CC)=C(F)/C(F)=C(\C)c1ccc(OC(=O)C=C)cc1. The van der Waals surface area contributed by atoms with Gasteiger partial charge in [0.05, 0.1) is 0 Å². The Kier molecular flexibility index (Phi) is 7.46. The number of benzene rings is 1. The molecule has 0 atom stereocenters. The first-order valence-corrected chi connectivity index (χ1v) is 7.38. The number of halogens is 2. The van der Waals surface area contributed by atoms with Crippen molar-refractivity contribution >= 4 is 17.5 Å². The Morgan fingerprint density at radius 1 is 1.04 bits per heavy atom. The highest BCUT2D eigenvalue weighted by Crippen LogP contribution is 2.29. The molecule has 0 unspecified atom stereocenters. The first kappa shape index (κ1) is 20.0. The van der Waals surface area contributed by atoms with Gasteiger partial charge in [-0.3, -0.25) is 0 Å². The summed E-state index contributed by atoms with van der Waals surface area (Å²) in [6.07, 6.45) is 1.86. The zero-order chi connectivity index (χ0) is 19.0. The molecule has 0 amide bonds. The molecule has 6 heteroatoms. The fourth-order valence-electron chi connectivity index (χ4n) is 1.78. The van der Waals surface area contributed by atoms with Gasteiger partial charge >= 0.3 is 11.9 Å². The number of esters is 2. The molecule has 1 aromatic rings. The molecule has 0 bridgehead atoms.